The molecule has 3 aromatic rings. The fourth-order valence-electron chi connectivity index (χ4n) is 4.23. The Bertz CT molecular complexity index is 1190. The molecule has 1 aromatic heterocycles. The molecule has 0 saturated heterocycles. The zero-order valence-electron chi connectivity index (χ0n) is 19.3. The first-order chi connectivity index (χ1) is 16.8. The Balaban J connectivity index is 1.39. The molecule has 0 fully saturated rings. The number of halogens is 3. The molecule has 0 saturated carbocycles. The smallest absolute Gasteiger partial charge is 0.318 e. The van der Waals surface area contributed by atoms with Gasteiger partial charge >= 0.3 is 6.03 Å². The second-order valence-corrected chi connectivity index (χ2v) is 9.77. The molecule has 2 aromatic carbocycles. The summed E-state index contributed by atoms with van der Waals surface area (Å²) in [4.78, 5) is 23.9. The van der Waals surface area contributed by atoms with Crippen LogP contribution < -0.4 is 5.32 Å². The monoisotopic (exact) mass is 516 g/mol. The van der Waals surface area contributed by atoms with Crippen LogP contribution in [-0.4, -0.2) is 39.2 Å². The normalized spacial score (nSPS) is 14.8. The van der Waals surface area contributed by atoms with Gasteiger partial charge in [0.2, 0.25) is 0 Å². The zero-order chi connectivity index (χ0) is 24.9. The van der Waals surface area contributed by atoms with Gasteiger partial charge in [0.1, 0.15) is 11.6 Å². The number of rotatable bonds is 7. The van der Waals surface area contributed by atoms with E-state index in [2.05, 4.69) is 17.2 Å². The van der Waals surface area contributed by atoms with E-state index in [0.717, 1.165) is 34.9 Å². The number of aliphatic hydroxyl groups excluding tert-OH is 1. The average molecular weight is 517 g/mol. The van der Waals surface area contributed by atoms with Gasteiger partial charge in [0.25, 0.3) is 0 Å². The fraction of sp³-hybridized carbons (Fsp3) is 0.346. The molecule has 35 heavy (non-hydrogen) atoms. The summed E-state index contributed by atoms with van der Waals surface area (Å²) in [5.41, 5.74) is 3.61. The number of fused-ring (bicyclic) bond motifs is 1. The van der Waals surface area contributed by atoms with Gasteiger partial charge in [0, 0.05) is 24.2 Å². The fourth-order valence-corrected chi connectivity index (χ4v) is 4.54. The predicted molar refractivity (Wildman–Crippen MR) is 134 cm³/mol. The number of carbonyl (C=O) groups is 1. The van der Waals surface area contributed by atoms with Gasteiger partial charge in [0.15, 0.2) is 0 Å². The minimum absolute atomic E-state index is 0.0587. The van der Waals surface area contributed by atoms with E-state index in [0.29, 0.717) is 31.0 Å². The summed E-state index contributed by atoms with van der Waals surface area (Å²) in [7, 11) is 0. The van der Waals surface area contributed by atoms with E-state index < -0.39 is 11.9 Å². The molecule has 0 radical (unpaired) electrons. The molecule has 2 amide bonds. The Morgan fingerprint density at radius 2 is 1.97 bits per heavy atom. The predicted octanol–water partition coefficient (Wildman–Crippen LogP) is 5.15. The molecule has 4 rings (SSSR count). The Morgan fingerprint density at radius 3 is 2.69 bits per heavy atom. The van der Waals surface area contributed by atoms with Crippen LogP contribution in [0.4, 0.5) is 9.18 Å². The molecule has 184 valence electrons. The Hall–Kier alpha value is -2.74. The minimum atomic E-state index is -0.698. The third kappa shape index (κ3) is 6.48. The summed E-state index contributed by atoms with van der Waals surface area (Å²) in [5, 5.41) is 13.3. The number of nitrogens with zero attached hydrogens (tertiary/aromatic N) is 3. The van der Waals surface area contributed by atoms with Crippen molar-refractivity contribution in [3.63, 3.8) is 0 Å². The van der Waals surface area contributed by atoms with Crippen LogP contribution in [-0.2, 0) is 25.8 Å². The lowest BCUT2D eigenvalue weighted by molar-refractivity contribution is 0.176. The number of amides is 2. The summed E-state index contributed by atoms with van der Waals surface area (Å²) >= 11 is 11.8. The van der Waals surface area contributed by atoms with Crippen molar-refractivity contribution in [2.75, 3.05) is 13.2 Å². The lowest BCUT2D eigenvalue weighted by Gasteiger charge is -2.30. The third-order valence-corrected chi connectivity index (χ3v) is 6.68. The minimum Gasteiger partial charge on any atom is -0.394 e. The maximum absolute atomic E-state index is 13.5. The molecule has 1 aliphatic rings. The van der Waals surface area contributed by atoms with Gasteiger partial charge in [-0.25, -0.2) is 19.2 Å². The maximum Gasteiger partial charge on any atom is 0.318 e. The number of nitrogens with one attached hydrogen (secondary N) is 1. The van der Waals surface area contributed by atoms with Crippen molar-refractivity contribution in [3.05, 3.63) is 92.7 Å². The molecule has 0 aliphatic carbocycles. The van der Waals surface area contributed by atoms with E-state index in [-0.39, 0.29) is 17.7 Å². The lowest BCUT2D eigenvalue weighted by Crippen LogP contribution is -2.45. The number of aliphatic hydroxyl groups is 1. The highest BCUT2D eigenvalue weighted by Gasteiger charge is 2.25. The molecule has 6 nitrogen and oxygen atoms in total. The molecule has 1 aliphatic heterocycles. The standard InChI is InChI=1S/C26H27Cl2FN4O2/c1-16(10-17-2-5-20(27)6-3-17)11-25-30-13-19-8-9-33(14-23(19)31-25)26(35)32-24(15-34)18-4-7-22(29)21(28)12-18/h2-7,12-13,16,24,34H,8-11,14-15H2,1H3,(H,32,35)/t16?,24-/m1/s1. The summed E-state index contributed by atoms with van der Waals surface area (Å²) in [5.74, 6) is 0.538. The van der Waals surface area contributed by atoms with Gasteiger partial charge in [0.05, 0.1) is 29.9 Å². The van der Waals surface area contributed by atoms with Crippen molar-refractivity contribution >= 4 is 29.2 Å². The summed E-state index contributed by atoms with van der Waals surface area (Å²) in [6.07, 6.45) is 4.12. The largest absolute Gasteiger partial charge is 0.394 e. The summed E-state index contributed by atoms with van der Waals surface area (Å²) in [6, 6.07) is 11.0. The highest BCUT2D eigenvalue weighted by molar-refractivity contribution is 6.31. The van der Waals surface area contributed by atoms with Crippen molar-refractivity contribution in [1.82, 2.24) is 20.2 Å². The van der Waals surface area contributed by atoms with Crippen LogP contribution in [0, 0.1) is 11.7 Å². The molecule has 1 unspecified atom stereocenters. The number of hydrogen-bond donors (Lipinski definition) is 2. The van der Waals surface area contributed by atoms with Crippen LogP contribution >= 0.6 is 23.2 Å². The van der Waals surface area contributed by atoms with Crippen LogP contribution in [0.3, 0.4) is 0 Å². The molecular formula is C26H27Cl2FN4O2. The molecule has 2 N–H and O–H groups in total. The van der Waals surface area contributed by atoms with Crippen molar-refractivity contribution in [2.45, 2.75) is 38.8 Å². The summed E-state index contributed by atoms with van der Waals surface area (Å²) in [6.45, 7) is 2.69. The van der Waals surface area contributed by atoms with Crippen molar-refractivity contribution in [3.8, 4) is 0 Å². The summed E-state index contributed by atoms with van der Waals surface area (Å²) < 4.78 is 13.5. The van der Waals surface area contributed by atoms with Gasteiger partial charge in [-0.15, -0.1) is 0 Å². The van der Waals surface area contributed by atoms with E-state index in [1.54, 1.807) is 4.90 Å². The number of aromatic nitrogens is 2. The van der Waals surface area contributed by atoms with Crippen molar-refractivity contribution in [1.29, 1.82) is 0 Å². The SMILES string of the molecule is CC(Cc1ccc(Cl)cc1)Cc1ncc2c(n1)CN(C(=O)N[C@H](CO)c1ccc(F)c(Cl)c1)CC2. The maximum atomic E-state index is 13.5. The molecule has 0 spiro atoms. The van der Waals surface area contributed by atoms with Crippen LogP contribution in [0.5, 0.6) is 0 Å². The highest BCUT2D eigenvalue weighted by atomic mass is 35.5. The van der Waals surface area contributed by atoms with Gasteiger partial charge in [-0.1, -0.05) is 48.3 Å². The van der Waals surface area contributed by atoms with E-state index >= 15 is 0 Å². The number of carbonyl (C=O) groups excluding carboxylic acids is 1. The lowest BCUT2D eigenvalue weighted by atomic mass is 9.97. The number of hydrogen-bond acceptors (Lipinski definition) is 4. The zero-order valence-corrected chi connectivity index (χ0v) is 20.9. The first kappa shape index (κ1) is 25.4. The quantitative estimate of drug-likeness (QED) is 0.455. The Labute approximate surface area is 214 Å². The second kappa shape index (κ2) is 11.3. The average Bonchev–Trinajstić information content (AvgIpc) is 2.85. The first-order valence-corrected chi connectivity index (χ1v) is 12.3. The molecule has 0 bridgehead atoms. The number of benzene rings is 2. The van der Waals surface area contributed by atoms with Crippen molar-refractivity contribution < 1.29 is 14.3 Å². The van der Waals surface area contributed by atoms with Crippen LogP contribution in [0.2, 0.25) is 10.0 Å². The van der Waals surface area contributed by atoms with Crippen LogP contribution in [0.15, 0.2) is 48.7 Å². The van der Waals surface area contributed by atoms with E-state index in [4.69, 9.17) is 28.2 Å². The topological polar surface area (TPSA) is 78.4 Å². The van der Waals surface area contributed by atoms with Gasteiger partial charge < -0.3 is 15.3 Å². The Kier molecular flexibility index (Phi) is 8.21. The van der Waals surface area contributed by atoms with Crippen molar-refractivity contribution in [2.24, 2.45) is 5.92 Å². The van der Waals surface area contributed by atoms with Gasteiger partial charge in [-0.05, 0) is 59.7 Å². The second-order valence-electron chi connectivity index (χ2n) is 8.93. The Morgan fingerprint density at radius 1 is 1.20 bits per heavy atom. The molecule has 2 heterocycles. The molecular weight excluding hydrogens is 490 g/mol. The van der Waals surface area contributed by atoms with E-state index in [9.17, 15) is 14.3 Å². The van der Waals surface area contributed by atoms with Gasteiger partial charge in [-0.2, -0.15) is 0 Å². The number of urea groups is 1. The highest BCUT2D eigenvalue weighted by Crippen LogP contribution is 2.23. The van der Waals surface area contributed by atoms with Crippen LogP contribution in [0.1, 0.15) is 41.2 Å². The first-order valence-electron chi connectivity index (χ1n) is 11.5. The molecule has 9 heteroatoms. The third-order valence-electron chi connectivity index (χ3n) is 6.14. The molecule has 2 atom stereocenters. The van der Waals surface area contributed by atoms with E-state index in [1.807, 2.05) is 30.5 Å². The van der Waals surface area contributed by atoms with E-state index in [1.165, 1.54) is 23.8 Å². The van der Waals surface area contributed by atoms with Crippen LogP contribution in [0.25, 0.3) is 0 Å². The van der Waals surface area contributed by atoms with Gasteiger partial charge in [-0.3, -0.25) is 0 Å².